The van der Waals surface area contributed by atoms with E-state index in [-0.39, 0.29) is 24.4 Å². The van der Waals surface area contributed by atoms with Crippen LogP contribution in [0, 0.1) is 0 Å². The Labute approximate surface area is 120 Å². The van der Waals surface area contributed by atoms with Crippen molar-refractivity contribution in [1.82, 2.24) is 15.5 Å². The summed E-state index contributed by atoms with van der Waals surface area (Å²) in [6, 6.07) is 11.6. The van der Waals surface area contributed by atoms with E-state index in [0.29, 0.717) is 5.75 Å². The number of hydrogen-bond acceptors (Lipinski definition) is 5. The first kappa shape index (κ1) is 14.7. The molecule has 0 aliphatic carbocycles. The zero-order valence-corrected chi connectivity index (χ0v) is 11.2. The molecule has 0 aliphatic rings. The molecule has 0 saturated heterocycles. The Balaban J connectivity index is 1.76. The summed E-state index contributed by atoms with van der Waals surface area (Å²) in [4.78, 5) is 22.5. The van der Waals surface area contributed by atoms with Crippen LogP contribution in [0.15, 0.2) is 47.3 Å². The first-order valence-electron chi connectivity index (χ1n) is 6.35. The summed E-state index contributed by atoms with van der Waals surface area (Å²) in [7, 11) is 0. The largest absolute Gasteiger partial charge is 0.491 e. The van der Waals surface area contributed by atoms with Crippen molar-refractivity contribution >= 4 is 5.91 Å². The van der Waals surface area contributed by atoms with Crippen LogP contribution in [0.3, 0.4) is 0 Å². The smallest absolute Gasteiger partial charge is 0.271 e. The highest BCUT2D eigenvalue weighted by Gasteiger charge is 2.10. The minimum absolute atomic E-state index is 0.0203. The van der Waals surface area contributed by atoms with Gasteiger partial charge in [-0.05, 0) is 18.2 Å². The van der Waals surface area contributed by atoms with Gasteiger partial charge in [0, 0.05) is 12.6 Å². The van der Waals surface area contributed by atoms with E-state index in [1.165, 1.54) is 12.1 Å². The Hall–Kier alpha value is -2.67. The van der Waals surface area contributed by atoms with E-state index in [2.05, 4.69) is 15.5 Å². The lowest BCUT2D eigenvalue weighted by atomic mass is 10.3. The molecule has 0 saturated carbocycles. The van der Waals surface area contributed by atoms with E-state index in [4.69, 9.17) is 4.74 Å². The molecule has 0 spiro atoms. The van der Waals surface area contributed by atoms with Crippen molar-refractivity contribution in [1.29, 1.82) is 0 Å². The number of hydrogen-bond donors (Lipinski definition) is 3. The van der Waals surface area contributed by atoms with Gasteiger partial charge in [-0.25, -0.2) is 5.10 Å². The molecular formula is C14H15N3O4. The van der Waals surface area contributed by atoms with Crippen molar-refractivity contribution in [3.8, 4) is 5.75 Å². The van der Waals surface area contributed by atoms with Gasteiger partial charge >= 0.3 is 0 Å². The summed E-state index contributed by atoms with van der Waals surface area (Å²) in [5, 5.41) is 18.0. The normalized spacial score (nSPS) is 11.7. The lowest BCUT2D eigenvalue weighted by molar-refractivity contribution is 0.0839. The fraction of sp³-hybridized carbons (Fsp3) is 0.214. The Morgan fingerprint density at radius 1 is 1.29 bits per heavy atom. The number of rotatable bonds is 6. The number of nitrogens with zero attached hydrogens (tertiary/aromatic N) is 1. The Bertz CT molecular complexity index is 622. The van der Waals surface area contributed by atoms with Gasteiger partial charge in [0.25, 0.3) is 11.5 Å². The molecule has 1 atom stereocenters. The van der Waals surface area contributed by atoms with Gasteiger partial charge in [0.15, 0.2) is 0 Å². The van der Waals surface area contributed by atoms with E-state index >= 15 is 0 Å². The zero-order chi connectivity index (χ0) is 15.1. The van der Waals surface area contributed by atoms with Crippen LogP contribution in [0.25, 0.3) is 0 Å². The lowest BCUT2D eigenvalue weighted by Gasteiger charge is -2.13. The number of carbonyl (C=O) groups is 1. The molecule has 2 rings (SSSR count). The van der Waals surface area contributed by atoms with Crippen molar-refractivity contribution < 1.29 is 14.6 Å². The fourth-order valence-corrected chi connectivity index (χ4v) is 1.54. The number of nitrogens with one attached hydrogen (secondary N) is 2. The number of carbonyl (C=O) groups excluding carboxylic acids is 1. The van der Waals surface area contributed by atoms with Gasteiger partial charge in [-0.2, -0.15) is 5.10 Å². The van der Waals surface area contributed by atoms with Crippen LogP contribution < -0.4 is 15.6 Å². The standard InChI is InChI=1S/C14H15N3O4/c18-10(9-21-11-4-2-1-3-5-11)8-15-14(20)12-6-7-13(19)17-16-12/h1-7,10,18H,8-9H2,(H,15,20)(H,17,19)/t10-/m0/s1. The number of aromatic nitrogens is 2. The number of ether oxygens (including phenoxy) is 1. The number of para-hydroxylation sites is 1. The van der Waals surface area contributed by atoms with Gasteiger partial charge < -0.3 is 15.2 Å². The minimum atomic E-state index is -0.850. The van der Waals surface area contributed by atoms with Crippen molar-refractivity contribution in [2.45, 2.75) is 6.10 Å². The molecule has 1 aromatic heterocycles. The molecule has 0 aliphatic heterocycles. The Kier molecular flexibility index (Phi) is 5.05. The second kappa shape index (κ2) is 7.20. The summed E-state index contributed by atoms with van der Waals surface area (Å²) in [6.45, 7) is 0.0792. The van der Waals surface area contributed by atoms with Gasteiger partial charge in [0.1, 0.15) is 24.2 Å². The highest BCUT2D eigenvalue weighted by atomic mass is 16.5. The van der Waals surface area contributed by atoms with E-state index in [0.717, 1.165) is 0 Å². The molecule has 7 heteroatoms. The van der Waals surface area contributed by atoms with E-state index in [1.54, 1.807) is 12.1 Å². The molecule has 0 fully saturated rings. The maximum absolute atomic E-state index is 11.7. The first-order chi connectivity index (χ1) is 10.1. The molecule has 21 heavy (non-hydrogen) atoms. The third-order valence-electron chi connectivity index (χ3n) is 2.60. The number of aromatic amines is 1. The second-order valence-corrected chi connectivity index (χ2v) is 4.29. The molecule has 0 radical (unpaired) electrons. The van der Waals surface area contributed by atoms with Gasteiger partial charge in [0.2, 0.25) is 0 Å². The third-order valence-corrected chi connectivity index (χ3v) is 2.60. The van der Waals surface area contributed by atoms with Crippen LogP contribution in [-0.2, 0) is 0 Å². The molecule has 0 bridgehead atoms. The van der Waals surface area contributed by atoms with Crippen LogP contribution in [0.1, 0.15) is 10.5 Å². The predicted molar refractivity (Wildman–Crippen MR) is 75.1 cm³/mol. The van der Waals surface area contributed by atoms with Gasteiger partial charge in [-0.1, -0.05) is 18.2 Å². The molecule has 110 valence electrons. The molecule has 0 unspecified atom stereocenters. The monoisotopic (exact) mass is 289 g/mol. The molecular weight excluding hydrogens is 274 g/mol. The lowest BCUT2D eigenvalue weighted by Crippen LogP contribution is -2.36. The van der Waals surface area contributed by atoms with Crippen molar-refractivity contribution in [3.63, 3.8) is 0 Å². The Morgan fingerprint density at radius 2 is 2.05 bits per heavy atom. The SMILES string of the molecule is O=C(NC[C@H](O)COc1ccccc1)c1ccc(=O)[nH]n1. The fourth-order valence-electron chi connectivity index (χ4n) is 1.54. The number of H-pyrrole nitrogens is 1. The third kappa shape index (κ3) is 4.73. The van der Waals surface area contributed by atoms with E-state index < -0.39 is 12.0 Å². The van der Waals surface area contributed by atoms with Gasteiger partial charge in [-0.15, -0.1) is 0 Å². The highest BCUT2D eigenvalue weighted by Crippen LogP contribution is 2.08. The van der Waals surface area contributed by atoms with Crippen LogP contribution in [0.4, 0.5) is 0 Å². The average Bonchev–Trinajstić information content (AvgIpc) is 2.52. The number of amides is 1. The highest BCUT2D eigenvalue weighted by molar-refractivity contribution is 5.91. The van der Waals surface area contributed by atoms with Crippen LogP contribution in [0.2, 0.25) is 0 Å². The first-order valence-corrected chi connectivity index (χ1v) is 6.35. The van der Waals surface area contributed by atoms with E-state index in [9.17, 15) is 14.7 Å². The maximum Gasteiger partial charge on any atom is 0.271 e. The van der Waals surface area contributed by atoms with Crippen LogP contribution in [0.5, 0.6) is 5.75 Å². The van der Waals surface area contributed by atoms with Gasteiger partial charge in [-0.3, -0.25) is 9.59 Å². The summed E-state index contributed by atoms with van der Waals surface area (Å²) in [5.41, 5.74) is -0.311. The molecule has 1 heterocycles. The molecule has 1 amide bonds. The summed E-state index contributed by atoms with van der Waals surface area (Å²) in [5.74, 6) is 0.162. The summed E-state index contributed by atoms with van der Waals surface area (Å²) < 4.78 is 5.36. The molecule has 7 nitrogen and oxygen atoms in total. The molecule has 2 aromatic rings. The zero-order valence-electron chi connectivity index (χ0n) is 11.2. The second-order valence-electron chi connectivity index (χ2n) is 4.29. The quantitative estimate of drug-likeness (QED) is 0.691. The Morgan fingerprint density at radius 3 is 2.71 bits per heavy atom. The van der Waals surface area contributed by atoms with Crippen molar-refractivity contribution in [3.05, 3.63) is 58.5 Å². The maximum atomic E-state index is 11.7. The predicted octanol–water partition coefficient (Wildman–Crippen LogP) is -0.0604. The number of aliphatic hydroxyl groups is 1. The summed E-state index contributed by atoms with van der Waals surface area (Å²) >= 11 is 0. The number of benzene rings is 1. The van der Waals surface area contributed by atoms with Crippen LogP contribution >= 0.6 is 0 Å². The molecule has 1 aromatic carbocycles. The van der Waals surface area contributed by atoms with Crippen LogP contribution in [-0.4, -0.2) is 40.5 Å². The number of aliphatic hydroxyl groups excluding tert-OH is 1. The minimum Gasteiger partial charge on any atom is -0.491 e. The summed E-state index contributed by atoms with van der Waals surface area (Å²) in [6.07, 6.45) is -0.850. The topological polar surface area (TPSA) is 104 Å². The van der Waals surface area contributed by atoms with Gasteiger partial charge in [0.05, 0.1) is 0 Å². The van der Waals surface area contributed by atoms with E-state index in [1.807, 2.05) is 18.2 Å². The molecule has 3 N–H and O–H groups in total. The van der Waals surface area contributed by atoms with Crippen molar-refractivity contribution in [2.75, 3.05) is 13.2 Å². The average molecular weight is 289 g/mol. The van der Waals surface area contributed by atoms with Crippen molar-refractivity contribution in [2.24, 2.45) is 0 Å².